The highest BCUT2D eigenvalue weighted by Gasteiger charge is 2.39. The van der Waals surface area contributed by atoms with Crippen molar-refractivity contribution in [1.82, 2.24) is 4.90 Å². The van der Waals surface area contributed by atoms with Gasteiger partial charge in [-0.25, -0.2) is 0 Å². The second-order valence-corrected chi connectivity index (χ2v) is 8.24. The molecule has 1 aromatic rings. The summed E-state index contributed by atoms with van der Waals surface area (Å²) in [6, 6.07) is 7.91. The molecular formula is C18H28Cl2N2O. The van der Waals surface area contributed by atoms with Crippen LogP contribution in [0.2, 0.25) is 5.02 Å². The first kappa shape index (κ1) is 20.3. The van der Waals surface area contributed by atoms with Crippen molar-refractivity contribution < 1.29 is 4.79 Å². The van der Waals surface area contributed by atoms with Crippen LogP contribution >= 0.6 is 24.0 Å². The molecule has 0 aromatic heterocycles. The van der Waals surface area contributed by atoms with Crippen molar-refractivity contribution in [1.29, 1.82) is 0 Å². The van der Waals surface area contributed by atoms with Crippen LogP contribution in [-0.4, -0.2) is 29.9 Å². The third-order valence-corrected chi connectivity index (χ3v) is 4.95. The number of nitrogens with zero attached hydrogens (tertiary/aromatic N) is 1. The Morgan fingerprint density at radius 3 is 2.65 bits per heavy atom. The number of nitrogens with two attached hydrogens (primary N) is 1. The molecule has 1 fully saturated rings. The van der Waals surface area contributed by atoms with Crippen molar-refractivity contribution in [3.8, 4) is 0 Å². The Balaban J connectivity index is 0.00000264. The number of hydrogen-bond donors (Lipinski definition) is 1. The number of likely N-dealkylation sites (tertiary alicyclic amines) is 1. The maximum Gasteiger partial charge on any atom is 0.228 e. The van der Waals surface area contributed by atoms with E-state index in [0.717, 1.165) is 25.1 Å². The Kier molecular flexibility index (Phi) is 6.54. The number of halogens is 2. The van der Waals surface area contributed by atoms with Gasteiger partial charge in [-0.3, -0.25) is 4.79 Å². The number of amides is 1. The first-order valence-corrected chi connectivity index (χ1v) is 8.29. The number of hydrogen-bond acceptors (Lipinski definition) is 2. The molecule has 1 unspecified atom stereocenters. The third kappa shape index (κ3) is 4.85. The summed E-state index contributed by atoms with van der Waals surface area (Å²) in [5.41, 5.74) is 6.80. The van der Waals surface area contributed by atoms with E-state index in [1.807, 2.05) is 43.0 Å². The smallest absolute Gasteiger partial charge is 0.228 e. The molecule has 1 aliphatic heterocycles. The summed E-state index contributed by atoms with van der Waals surface area (Å²) in [4.78, 5) is 14.9. The summed E-state index contributed by atoms with van der Waals surface area (Å²) in [6.45, 7) is 9.78. The molecule has 1 atom stereocenters. The van der Waals surface area contributed by atoms with Crippen LogP contribution in [0.1, 0.15) is 39.7 Å². The Labute approximate surface area is 151 Å². The molecule has 1 saturated heterocycles. The topological polar surface area (TPSA) is 46.3 Å². The van der Waals surface area contributed by atoms with Gasteiger partial charge in [-0.2, -0.15) is 0 Å². The quantitative estimate of drug-likeness (QED) is 0.889. The minimum absolute atomic E-state index is 0. The largest absolute Gasteiger partial charge is 0.342 e. The molecule has 0 radical (unpaired) electrons. The van der Waals surface area contributed by atoms with Crippen LogP contribution in [0, 0.1) is 10.8 Å². The minimum atomic E-state index is -0.442. The summed E-state index contributed by atoms with van der Waals surface area (Å²) >= 11 is 6.05. The van der Waals surface area contributed by atoms with Crippen LogP contribution in [0.5, 0.6) is 0 Å². The number of carbonyl (C=O) groups is 1. The standard InChI is InChI=1S/C18H27ClN2O.ClH/c1-17(2,11-13-6-5-7-14(19)10-13)16(22)21-9-8-15(20)18(3,4)12-21;/h5-7,10,15H,8-9,11-12,20H2,1-4H3;1H. The van der Waals surface area contributed by atoms with E-state index in [4.69, 9.17) is 17.3 Å². The molecule has 130 valence electrons. The van der Waals surface area contributed by atoms with E-state index >= 15 is 0 Å². The van der Waals surface area contributed by atoms with Crippen molar-refractivity contribution in [2.45, 2.75) is 46.6 Å². The zero-order valence-electron chi connectivity index (χ0n) is 14.4. The van der Waals surface area contributed by atoms with Crippen LogP contribution in [0.15, 0.2) is 24.3 Å². The summed E-state index contributed by atoms with van der Waals surface area (Å²) < 4.78 is 0. The van der Waals surface area contributed by atoms with E-state index in [0.29, 0.717) is 11.4 Å². The Morgan fingerprint density at radius 2 is 2.09 bits per heavy atom. The molecule has 2 N–H and O–H groups in total. The Morgan fingerprint density at radius 1 is 1.43 bits per heavy atom. The highest BCUT2D eigenvalue weighted by atomic mass is 35.5. The highest BCUT2D eigenvalue weighted by molar-refractivity contribution is 6.30. The molecule has 0 bridgehead atoms. The third-order valence-electron chi connectivity index (χ3n) is 4.71. The SMILES string of the molecule is CC(C)(Cc1cccc(Cl)c1)C(=O)N1CCC(N)C(C)(C)C1.Cl. The zero-order valence-corrected chi connectivity index (χ0v) is 16.0. The molecule has 0 aliphatic carbocycles. The van der Waals surface area contributed by atoms with Crippen molar-refractivity contribution in [3.05, 3.63) is 34.9 Å². The van der Waals surface area contributed by atoms with Gasteiger partial charge in [-0.05, 0) is 36.0 Å². The monoisotopic (exact) mass is 358 g/mol. The average Bonchev–Trinajstić information content (AvgIpc) is 2.40. The summed E-state index contributed by atoms with van der Waals surface area (Å²) in [7, 11) is 0. The molecule has 0 spiro atoms. The van der Waals surface area contributed by atoms with Gasteiger partial charge < -0.3 is 10.6 Å². The Hall–Kier alpha value is -0.770. The number of benzene rings is 1. The molecule has 1 amide bonds. The van der Waals surface area contributed by atoms with Crippen molar-refractivity contribution in [2.24, 2.45) is 16.6 Å². The first-order chi connectivity index (χ1) is 10.1. The van der Waals surface area contributed by atoms with Crippen LogP contribution in [0.4, 0.5) is 0 Å². The fourth-order valence-electron chi connectivity index (χ4n) is 3.21. The van der Waals surface area contributed by atoms with E-state index in [1.54, 1.807) is 0 Å². The van der Waals surface area contributed by atoms with Gasteiger partial charge in [0.15, 0.2) is 0 Å². The molecule has 5 heteroatoms. The predicted octanol–water partition coefficient (Wildman–Crippen LogP) is 3.92. The lowest BCUT2D eigenvalue weighted by Gasteiger charge is -2.45. The molecule has 1 aliphatic rings. The minimum Gasteiger partial charge on any atom is -0.342 e. The number of rotatable bonds is 3. The van der Waals surface area contributed by atoms with Gasteiger partial charge in [0.1, 0.15) is 0 Å². The van der Waals surface area contributed by atoms with Crippen molar-refractivity contribution >= 4 is 29.9 Å². The van der Waals surface area contributed by atoms with E-state index in [2.05, 4.69) is 13.8 Å². The molecule has 1 aromatic carbocycles. The van der Waals surface area contributed by atoms with E-state index in [9.17, 15) is 4.79 Å². The Bertz CT molecular complexity index is 558. The summed E-state index contributed by atoms with van der Waals surface area (Å²) in [5.74, 6) is 0.201. The molecule has 1 heterocycles. The summed E-state index contributed by atoms with van der Waals surface area (Å²) in [5, 5.41) is 0.714. The lowest BCUT2D eigenvalue weighted by atomic mass is 9.77. The average molecular weight is 359 g/mol. The first-order valence-electron chi connectivity index (χ1n) is 7.91. The fraction of sp³-hybridized carbons (Fsp3) is 0.611. The highest BCUT2D eigenvalue weighted by Crippen LogP contribution is 2.32. The molecule has 2 rings (SSSR count). The summed E-state index contributed by atoms with van der Waals surface area (Å²) in [6.07, 6.45) is 1.56. The maximum atomic E-state index is 13.0. The van der Waals surface area contributed by atoms with Crippen LogP contribution in [0.3, 0.4) is 0 Å². The van der Waals surface area contributed by atoms with Gasteiger partial charge in [0.25, 0.3) is 0 Å². The molecular weight excluding hydrogens is 331 g/mol. The van der Waals surface area contributed by atoms with E-state index in [-0.39, 0.29) is 29.8 Å². The van der Waals surface area contributed by atoms with Crippen LogP contribution in [-0.2, 0) is 11.2 Å². The second-order valence-electron chi connectivity index (χ2n) is 7.80. The van der Waals surface area contributed by atoms with Gasteiger partial charge in [0.2, 0.25) is 5.91 Å². The number of piperidine rings is 1. The van der Waals surface area contributed by atoms with Crippen LogP contribution in [0.25, 0.3) is 0 Å². The number of carbonyl (C=O) groups excluding carboxylic acids is 1. The lowest BCUT2D eigenvalue weighted by molar-refractivity contribution is -0.143. The van der Waals surface area contributed by atoms with Gasteiger partial charge in [0, 0.05) is 29.6 Å². The van der Waals surface area contributed by atoms with Gasteiger partial charge in [0.05, 0.1) is 0 Å². The molecule has 0 saturated carbocycles. The zero-order chi connectivity index (χ0) is 16.5. The lowest BCUT2D eigenvalue weighted by Crippen LogP contribution is -2.56. The van der Waals surface area contributed by atoms with Gasteiger partial charge in [-0.1, -0.05) is 51.4 Å². The van der Waals surface area contributed by atoms with Crippen molar-refractivity contribution in [3.63, 3.8) is 0 Å². The maximum absolute atomic E-state index is 13.0. The molecule has 3 nitrogen and oxygen atoms in total. The second kappa shape index (κ2) is 7.42. The fourth-order valence-corrected chi connectivity index (χ4v) is 3.42. The van der Waals surface area contributed by atoms with E-state index in [1.165, 1.54) is 0 Å². The predicted molar refractivity (Wildman–Crippen MR) is 99.1 cm³/mol. The van der Waals surface area contributed by atoms with E-state index < -0.39 is 5.41 Å². The van der Waals surface area contributed by atoms with Gasteiger partial charge >= 0.3 is 0 Å². The normalized spacial score (nSPS) is 20.8. The molecule has 23 heavy (non-hydrogen) atoms. The van der Waals surface area contributed by atoms with Crippen molar-refractivity contribution in [2.75, 3.05) is 13.1 Å². The van der Waals surface area contributed by atoms with Crippen LogP contribution < -0.4 is 5.73 Å². The van der Waals surface area contributed by atoms with Gasteiger partial charge in [-0.15, -0.1) is 12.4 Å².